The maximum atomic E-state index is 12.7. The van der Waals surface area contributed by atoms with Crippen LogP contribution in [0.25, 0.3) is 0 Å². The van der Waals surface area contributed by atoms with Gasteiger partial charge < -0.3 is 9.88 Å². The third-order valence-electron chi connectivity index (χ3n) is 4.40. The summed E-state index contributed by atoms with van der Waals surface area (Å²) in [6.45, 7) is 0.520. The van der Waals surface area contributed by atoms with Crippen molar-refractivity contribution in [2.45, 2.75) is 11.4 Å². The fraction of sp³-hybridized carbons (Fsp3) is 0.0476. The zero-order valence-corrected chi connectivity index (χ0v) is 18.4. The van der Waals surface area contributed by atoms with E-state index in [1.54, 1.807) is 41.8 Å². The van der Waals surface area contributed by atoms with Gasteiger partial charge in [-0.15, -0.1) is 11.3 Å². The number of rotatable bonds is 7. The molecule has 0 fully saturated rings. The molecule has 4 rings (SSSR count). The Bertz CT molecular complexity index is 1280. The van der Waals surface area contributed by atoms with Crippen molar-refractivity contribution >= 4 is 49.7 Å². The van der Waals surface area contributed by atoms with E-state index in [0.29, 0.717) is 28.1 Å². The number of sulfonamides is 1. The Kier molecular flexibility index (Phi) is 6.08. The first-order valence-electron chi connectivity index (χ1n) is 9.14. The quantitative estimate of drug-likeness (QED) is 0.407. The van der Waals surface area contributed by atoms with Gasteiger partial charge in [0.2, 0.25) is 0 Å². The number of hydrogen-bond donors (Lipinski definition) is 2. The summed E-state index contributed by atoms with van der Waals surface area (Å²) in [5, 5.41) is 5.42. The molecule has 0 saturated carbocycles. The Labute approximate surface area is 188 Å². The van der Waals surface area contributed by atoms with Crippen LogP contribution in [0.15, 0.2) is 83.3 Å². The first kappa shape index (κ1) is 21.1. The molecule has 0 unspecified atom stereocenters. The lowest BCUT2D eigenvalue weighted by atomic mass is 10.2. The van der Waals surface area contributed by atoms with Gasteiger partial charge >= 0.3 is 0 Å². The zero-order chi connectivity index (χ0) is 21.8. The average molecular weight is 473 g/mol. The highest BCUT2D eigenvalue weighted by molar-refractivity contribution is 7.93. The third kappa shape index (κ3) is 5.13. The minimum Gasteiger partial charge on any atom is -0.339 e. The smallest absolute Gasteiger partial charge is 0.272 e. The van der Waals surface area contributed by atoms with E-state index < -0.39 is 10.0 Å². The van der Waals surface area contributed by atoms with E-state index in [2.05, 4.69) is 15.0 Å². The minimum absolute atomic E-state index is 0.0758. The van der Waals surface area contributed by atoms with E-state index in [-0.39, 0.29) is 10.8 Å². The number of carbonyl (C=O) groups excluding carboxylic acids is 1. The number of nitrogens with one attached hydrogen (secondary N) is 2. The molecule has 0 aliphatic rings. The Morgan fingerprint density at radius 1 is 1.06 bits per heavy atom. The lowest BCUT2D eigenvalue weighted by molar-refractivity contribution is 0.101. The van der Waals surface area contributed by atoms with Crippen molar-refractivity contribution in [3.8, 4) is 0 Å². The number of amides is 1. The molecule has 10 heteroatoms. The largest absolute Gasteiger partial charge is 0.339 e. The molecule has 2 N–H and O–H groups in total. The standard InChI is InChI=1S/C21H17ClN4O3S2/c22-16-5-3-15(4-6-16)14-26-12-1-2-19(26)20(27)24-17-7-9-18(10-8-17)31(28,29)25-21-23-11-13-30-21/h1-13H,14H2,(H,23,25)(H,24,27). The van der Waals surface area contributed by atoms with Crippen LogP contribution in [0.5, 0.6) is 0 Å². The van der Waals surface area contributed by atoms with Crippen LogP contribution in [0, 0.1) is 0 Å². The molecular weight excluding hydrogens is 456 g/mol. The van der Waals surface area contributed by atoms with Crippen LogP contribution in [0.1, 0.15) is 16.1 Å². The molecule has 0 bridgehead atoms. The van der Waals surface area contributed by atoms with Crippen molar-refractivity contribution in [1.82, 2.24) is 9.55 Å². The van der Waals surface area contributed by atoms with Crippen molar-refractivity contribution in [3.63, 3.8) is 0 Å². The Morgan fingerprint density at radius 2 is 1.81 bits per heavy atom. The second-order valence-electron chi connectivity index (χ2n) is 6.57. The summed E-state index contributed by atoms with van der Waals surface area (Å²) < 4.78 is 29.1. The highest BCUT2D eigenvalue weighted by Gasteiger charge is 2.16. The molecule has 4 aromatic rings. The van der Waals surface area contributed by atoms with E-state index in [0.717, 1.165) is 5.56 Å². The second-order valence-corrected chi connectivity index (χ2v) is 9.58. The van der Waals surface area contributed by atoms with Gasteiger partial charge in [0.1, 0.15) is 5.69 Å². The SMILES string of the molecule is O=C(Nc1ccc(S(=O)(=O)Nc2nccs2)cc1)c1cccn1Cc1ccc(Cl)cc1. The van der Waals surface area contributed by atoms with E-state index in [4.69, 9.17) is 11.6 Å². The van der Waals surface area contributed by atoms with E-state index in [9.17, 15) is 13.2 Å². The average Bonchev–Trinajstić information content (AvgIpc) is 3.42. The first-order valence-corrected chi connectivity index (χ1v) is 11.9. The van der Waals surface area contributed by atoms with Crippen molar-refractivity contribution in [3.05, 3.63) is 94.7 Å². The lowest BCUT2D eigenvalue weighted by Crippen LogP contribution is -2.17. The predicted octanol–water partition coefficient (Wildman–Crippen LogP) is 4.70. The molecule has 7 nitrogen and oxygen atoms in total. The minimum atomic E-state index is -3.74. The van der Waals surface area contributed by atoms with E-state index in [1.165, 1.54) is 29.7 Å². The van der Waals surface area contributed by atoms with Crippen molar-refractivity contribution in [2.75, 3.05) is 10.0 Å². The molecule has 0 atom stereocenters. The van der Waals surface area contributed by atoms with Crippen LogP contribution in [0.2, 0.25) is 5.02 Å². The summed E-state index contributed by atoms with van der Waals surface area (Å²) in [5.74, 6) is -0.296. The van der Waals surface area contributed by atoms with Crippen LogP contribution in [0.4, 0.5) is 10.8 Å². The van der Waals surface area contributed by atoms with Gasteiger partial charge in [0, 0.05) is 35.0 Å². The number of nitrogens with zero attached hydrogens (tertiary/aromatic N) is 2. The number of hydrogen-bond acceptors (Lipinski definition) is 5. The number of carbonyl (C=O) groups is 1. The van der Waals surface area contributed by atoms with Crippen molar-refractivity contribution in [1.29, 1.82) is 0 Å². The first-order chi connectivity index (χ1) is 14.9. The van der Waals surface area contributed by atoms with Gasteiger partial charge in [-0.3, -0.25) is 9.52 Å². The van der Waals surface area contributed by atoms with E-state index in [1.807, 2.05) is 22.9 Å². The topological polar surface area (TPSA) is 93.1 Å². The molecule has 0 saturated heterocycles. The van der Waals surface area contributed by atoms with Crippen LogP contribution >= 0.6 is 22.9 Å². The monoisotopic (exact) mass is 472 g/mol. The van der Waals surface area contributed by atoms with Gasteiger partial charge in [0.05, 0.1) is 4.90 Å². The van der Waals surface area contributed by atoms with Gasteiger partial charge in [-0.2, -0.15) is 0 Å². The normalized spacial score (nSPS) is 11.3. The van der Waals surface area contributed by atoms with Gasteiger partial charge in [-0.1, -0.05) is 23.7 Å². The summed E-state index contributed by atoms with van der Waals surface area (Å²) in [5.41, 5.74) is 1.98. The third-order valence-corrected chi connectivity index (χ3v) is 6.83. The van der Waals surface area contributed by atoms with E-state index >= 15 is 0 Å². The summed E-state index contributed by atoms with van der Waals surface area (Å²) in [7, 11) is -3.74. The molecule has 2 aromatic carbocycles. The van der Waals surface area contributed by atoms with Crippen LogP contribution in [-0.4, -0.2) is 23.9 Å². The Balaban J connectivity index is 1.45. The molecular formula is C21H17ClN4O3S2. The van der Waals surface area contributed by atoms with Crippen LogP contribution in [0.3, 0.4) is 0 Å². The number of aromatic nitrogens is 2. The molecule has 31 heavy (non-hydrogen) atoms. The Morgan fingerprint density at radius 3 is 2.48 bits per heavy atom. The summed E-state index contributed by atoms with van der Waals surface area (Å²) >= 11 is 7.11. The van der Waals surface area contributed by atoms with Gasteiger partial charge in [-0.25, -0.2) is 13.4 Å². The number of benzene rings is 2. The highest BCUT2D eigenvalue weighted by atomic mass is 35.5. The molecule has 1 amide bonds. The second kappa shape index (κ2) is 8.93. The van der Waals surface area contributed by atoms with Gasteiger partial charge in [0.25, 0.3) is 15.9 Å². The number of thiazole rings is 1. The lowest BCUT2D eigenvalue weighted by Gasteiger charge is -2.11. The molecule has 158 valence electrons. The molecule has 2 aromatic heterocycles. The highest BCUT2D eigenvalue weighted by Crippen LogP contribution is 2.20. The van der Waals surface area contributed by atoms with Crippen LogP contribution < -0.4 is 10.0 Å². The van der Waals surface area contributed by atoms with Crippen molar-refractivity contribution < 1.29 is 13.2 Å². The van der Waals surface area contributed by atoms with Gasteiger partial charge in [0.15, 0.2) is 5.13 Å². The van der Waals surface area contributed by atoms with Gasteiger partial charge in [-0.05, 0) is 54.1 Å². The molecule has 0 aliphatic carbocycles. The maximum Gasteiger partial charge on any atom is 0.272 e. The number of halogens is 1. The Hall–Kier alpha value is -3.14. The number of anilines is 2. The predicted molar refractivity (Wildman–Crippen MR) is 122 cm³/mol. The van der Waals surface area contributed by atoms with Crippen molar-refractivity contribution in [2.24, 2.45) is 0 Å². The summed E-state index contributed by atoms with van der Waals surface area (Å²) in [4.78, 5) is 16.7. The molecule has 0 aliphatic heterocycles. The summed E-state index contributed by atoms with van der Waals surface area (Å²) in [6, 6.07) is 16.9. The fourth-order valence-corrected chi connectivity index (χ4v) is 4.82. The molecule has 0 radical (unpaired) electrons. The zero-order valence-electron chi connectivity index (χ0n) is 16.0. The summed E-state index contributed by atoms with van der Waals surface area (Å²) in [6.07, 6.45) is 3.34. The maximum absolute atomic E-state index is 12.7. The fourth-order valence-electron chi connectivity index (χ4n) is 2.90. The molecule has 2 heterocycles. The van der Waals surface area contributed by atoms with Crippen LogP contribution in [-0.2, 0) is 16.6 Å². The molecule has 0 spiro atoms.